The zero-order valence-corrected chi connectivity index (χ0v) is 27.6. The van der Waals surface area contributed by atoms with Gasteiger partial charge in [0.15, 0.2) is 11.6 Å². The molecule has 0 radical (unpaired) electrons. The average molecular weight is 651 g/mol. The number of aliphatic hydroxyl groups excluding tert-OH is 1. The van der Waals surface area contributed by atoms with E-state index in [0.717, 1.165) is 16.7 Å². The van der Waals surface area contributed by atoms with E-state index in [9.17, 15) is 4.79 Å². The van der Waals surface area contributed by atoms with E-state index >= 15 is 0 Å². The van der Waals surface area contributed by atoms with Crippen LogP contribution >= 0.6 is 0 Å². The van der Waals surface area contributed by atoms with Crippen LogP contribution in [-0.4, -0.2) is 63.5 Å². The zero-order valence-electron chi connectivity index (χ0n) is 27.6. The number of nitrogens with zero attached hydrogens (tertiary/aromatic N) is 1. The monoisotopic (exact) mass is 650 g/mol. The molecule has 4 aromatic rings. The molecule has 0 saturated carbocycles. The molecule has 4 aromatic carbocycles. The first kappa shape index (κ1) is 34.1. The van der Waals surface area contributed by atoms with Gasteiger partial charge in [-0.05, 0) is 77.7 Å². The number of nitrogens with one attached hydrogen (secondary N) is 1. The van der Waals surface area contributed by atoms with Crippen molar-refractivity contribution in [2.75, 3.05) is 41.1 Å². The topological polar surface area (TPSA) is 108 Å². The van der Waals surface area contributed by atoms with Gasteiger partial charge >= 0.3 is 0 Å². The zero-order chi connectivity index (χ0) is 33.8. The highest BCUT2D eigenvalue weighted by Crippen LogP contribution is 2.43. The van der Waals surface area contributed by atoms with Gasteiger partial charge < -0.3 is 34.1 Å². The maximum absolute atomic E-state index is 14.5. The van der Waals surface area contributed by atoms with E-state index in [0.29, 0.717) is 60.5 Å². The molecule has 0 aromatic heterocycles. The summed E-state index contributed by atoms with van der Waals surface area (Å²) in [4.78, 5) is 19.6. The third-order valence-electron chi connectivity index (χ3n) is 8.13. The number of carbonyl (C=O) groups excluding carboxylic acids is 1. The summed E-state index contributed by atoms with van der Waals surface area (Å²) in [6, 6.07) is 30.5. The van der Waals surface area contributed by atoms with Crippen molar-refractivity contribution in [1.29, 1.82) is 0 Å². The number of aliphatic imine (C=N–C) groups is 1. The van der Waals surface area contributed by atoms with Crippen molar-refractivity contribution in [2.45, 2.75) is 30.9 Å². The highest BCUT2D eigenvalue weighted by atomic mass is 16.5. The Hall–Kier alpha value is -5.28. The lowest BCUT2D eigenvalue weighted by molar-refractivity contribution is -0.128. The van der Waals surface area contributed by atoms with Crippen molar-refractivity contribution >= 4 is 17.9 Å². The normalized spacial score (nSPS) is 17.0. The Labute approximate surface area is 281 Å². The maximum atomic E-state index is 14.5. The van der Waals surface area contributed by atoms with Gasteiger partial charge in [-0.1, -0.05) is 54.6 Å². The predicted octanol–water partition coefficient (Wildman–Crippen LogP) is 6.19. The van der Waals surface area contributed by atoms with E-state index in [1.54, 1.807) is 21.3 Å². The predicted molar refractivity (Wildman–Crippen MR) is 186 cm³/mol. The molecule has 0 unspecified atom stereocenters. The Morgan fingerprint density at radius 2 is 1.65 bits per heavy atom. The van der Waals surface area contributed by atoms with E-state index in [-0.39, 0.29) is 18.9 Å². The minimum atomic E-state index is -1.35. The van der Waals surface area contributed by atoms with Crippen LogP contribution in [0.2, 0.25) is 0 Å². The fourth-order valence-corrected chi connectivity index (χ4v) is 5.60. The molecule has 0 saturated heterocycles. The molecular formula is C39H42N2O7. The summed E-state index contributed by atoms with van der Waals surface area (Å²) in [6.07, 6.45) is 4.53. The Morgan fingerprint density at radius 1 is 0.896 bits per heavy atom. The van der Waals surface area contributed by atoms with Crippen LogP contribution in [0.4, 0.5) is 0 Å². The lowest BCUT2D eigenvalue weighted by atomic mass is 9.84. The van der Waals surface area contributed by atoms with Crippen LogP contribution < -0.4 is 24.3 Å². The minimum absolute atomic E-state index is 0.0599. The number of hydrogen-bond donors (Lipinski definition) is 2. The van der Waals surface area contributed by atoms with Crippen molar-refractivity contribution in [3.8, 4) is 23.0 Å². The molecule has 250 valence electrons. The van der Waals surface area contributed by atoms with Crippen LogP contribution in [0, 0.1) is 0 Å². The number of amides is 1. The third-order valence-corrected chi connectivity index (χ3v) is 8.13. The largest absolute Gasteiger partial charge is 0.497 e. The molecule has 1 amide bonds. The summed E-state index contributed by atoms with van der Waals surface area (Å²) in [5, 5.41) is 12.3. The molecule has 0 spiro atoms. The third kappa shape index (κ3) is 8.16. The molecule has 1 aliphatic heterocycles. The first-order valence-corrected chi connectivity index (χ1v) is 15.9. The molecule has 5 rings (SSSR count). The Morgan fingerprint density at radius 3 is 2.38 bits per heavy atom. The van der Waals surface area contributed by atoms with E-state index < -0.39 is 11.6 Å². The van der Waals surface area contributed by atoms with Gasteiger partial charge in [0.05, 0.1) is 27.9 Å². The quantitative estimate of drug-likeness (QED) is 0.139. The SMILES string of the molecule is COc1cccc([C@H]2OC(c3ccc(OCCCO)cc3)=N[C@@]2(C/C=C/c2ccccc2)C(=O)NCCc2cc(OC)ccc2OC)c1. The Bertz CT molecular complexity index is 1710. The highest BCUT2D eigenvalue weighted by molar-refractivity contribution is 6.01. The van der Waals surface area contributed by atoms with Gasteiger partial charge in [0.1, 0.15) is 23.0 Å². The second-order valence-corrected chi connectivity index (χ2v) is 11.3. The number of aliphatic hydroxyl groups is 1. The van der Waals surface area contributed by atoms with Crippen molar-refractivity contribution in [2.24, 2.45) is 4.99 Å². The average Bonchev–Trinajstić information content (AvgIpc) is 3.53. The highest BCUT2D eigenvalue weighted by Gasteiger charge is 2.52. The fourth-order valence-electron chi connectivity index (χ4n) is 5.60. The molecule has 1 aliphatic rings. The van der Waals surface area contributed by atoms with E-state index in [1.165, 1.54) is 0 Å². The number of carbonyl (C=O) groups is 1. The first-order chi connectivity index (χ1) is 23.5. The number of methoxy groups -OCH3 is 3. The van der Waals surface area contributed by atoms with E-state index in [1.807, 2.05) is 109 Å². The van der Waals surface area contributed by atoms with Crippen molar-refractivity contribution in [3.63, 3.8) is 0 Å². The van der Waals surface area contributed by atoms with Gasteiger partial charge in [0, 0.05) is 31.6 Å². The lowest BCUT2D eigenvalue weighted by Crippen LogP contribution is -2.48. The molecule has 0 fully saturated rings. The second-order valence-electron chi connectivity index (χ2n) is 11.3. The molecule has 0 aliphatic carbocycles. The molecule has 2 N–H and O–H groups in total. The van der Waals surface area contributed by atoms with Gasteiger partial charge in [-0.25, -0.2) is 4.99 Å². The summed E-state index contributed by atoms with van der Waals surface area (Å²) in [6.45, 7) is 0.802. The summed E-state index contributed by atoms with van der Waals surface area (Å²) in [5.41, 5.74) is 2.04. The molecule has 9 nitrogen and oxygen atoms in total. The molecule has 1 heterocycles. The molecule has 2 atom stereocenters. The number of ether oxygens (including phenoxy) is 5. The number of hydrogen-bond acceptors (Lipinski definition) is 8. The first-order valence-electron chi connectivity index (χ1n) is 15.9. The summed E-state index contributed by atoms with van der Waals surface area (Å²) in [5.74, 6) is 2.82. The standard InChI is InChI=1S/C39H42N2O7/c1-44-33-14-7-13-31(27-33)36-39(22-8-12-28-10-5-4-6-11-28,38(43)40-23-21-30-26-34(45-2)19-20-35(30)46-3)41-37(48-36)29-15-17-32(18-16-29)47-25-9-24-42/h4-8,10-20,26-27,36,42H,9,21-25H2,1-3H3,(H,40,43)/b12-8+/t36-,39-/m1/s1. The van der Waals surface area contributed by atoms with Gasteiger partial charge in [0.25, 0.3) is 5.91 Å². The number of benzene rings is 4. The van der Waals surface area contributed by atoms with E-state index in [4.69, 9.17) is 33.8 Å². The Balaban J connectivity index is 1.51. The molecule has 48 heavy (non-hydrogen) atoms. The van der Waals surface area contributed by atoms with Crippen LogP contribution in [0.3, 0.4) is 0 Å². The van der Waals surface area contributed by atoms with Crippen LogP contribution in [0.1, 0.15) is 41.2 Å². The van der Waals surface area contributed by atoms with Crippen molar-refractivity contribution in [1.82, 2.24) is 5.32 Å². The summed E-state index contributed by atoms with van der Waals surface area (Å²) < 4.78 is 28.9. The van der Waals surface area contributed by atoms with Gasteiger partial charge in [-0.3, -0.25) is 4.79 Å². The smallest absolute Gasteiger partial charge is 0.252 e. The Kier molecular flexibility index (Phi) is 11.7. The van der Waals surface area contributed by atoms with Gasteiger partial charge in [-0.2, -0.15) is 0 Å². The molecule has 9 heteroatoms. The van der Waals surface area contributed by atoms with Gasteiger partial charge in [0.2, 0.25) is 5.90 Å². The second kappa shape index (κ2) is 16.5. The van der Waals surface area contributed by atoms with Crippen LogP contribution in [-0.2, 0) is 16.0 Å². The lowest BCUT2D eigenvalue weighted by Gasteiger charge is -2.30. The van der Waals surface area contributed by atoms with Crippen LogP contribution in [0.15, 0.2) is 108 Å². The van der Waals surface area contributed by atoms with Gasteiger partial charge in [-0.15, -0.1) is 0 Å². The summed E-state index contributed by atoms with van der Waals surface area (Å²) >= 11 is 0. The van der Waals surface area contributed by atoms with E-state index in [2.05, 4.69) is 5.32 Å². The van der Waals surface area contributed by atoms with Crippen LogP contribution in [0.5, 0.6) is 23.0 Å². The fraction of sp³-hybridized carbons (Fsp3) is 0.282. The number of rotatable bonds is 16. The van der Waals surface area contributed by atoms with Crippen LogP contribution in [0.25, 0.3) is 6.08 Å². The van der Waals surface area contributed by atoms with Crippen molar-refractivity contribution < 1.29 is 33.6 Å². The summed E-state index contributed by atoms with van der Waals surface area (Å²) in [7, 11) is 4.85. The molecule has 0 bridgehead atoms. The maximum Gasteiger partial charge on any atom is 0.252 e. The minimum Gasteiger partial charge on any atom is -0.497 e. The van der Waals surface area contributed by atoms with Crippen molar-refractivity contribution in [3.05, 3.63) is 125 Å². The molecular weight excluding hydrogens is 608 g/mol.